The molecular weight excluding hydrogens is 229 g/mol. The van der Waals surface area contributed by atoms with Crippen molar-refractivity contribution < 1.29 is 17.9 Å². The highest BCUT2D eigenvalue weighted by atomic mass is 35.5. The lowest BCUT2D eigenvalue weighted by atomic mass is 10.2. The number of rotatable bonds is 2. The predicted molar refractivity (Wildman–Crippen MR) is 50.9 cm³/mol. The molecule has 0 bridgehead atoms. The van der Waals surface area contributed by atoms with E-state index in [1.807, 2.05) is 0 Å². The van der Waals surface area contributed by atoms with Crippen LogP contribution in [0.25, 0.3) is 0 Å². The molecule has 0 atom stereocenters. The van der Waals surface area contributed by atoms with Crippen LogP contribution in [0.3, 0.4) is 0 Å². The van der Waals surface area contributed by atoms with Gasteiger partial charge in [-0.2, -0.15) is 13.2 Å². The highest BCUT2D eigenvalue weighted by molar-refractivity contribution is 6.32. The predicted octanol–water partition coefficient (Wildman–Crippen LogP) is 3.26. The third-order valence-corrected chi connectivity index (χ3v) is 1.80. The molecule has 5 heteroatoms. The normalized spacial score (nSPS) is 10.9. The first-order valence-corrected chi connectivity index (χ1v) is 4.26. The number of terminal acetylenes is 1. The van der Waals surface area contributed by atoms with Gasteiger partial charge in [0.05, 0.1) is 5.02 Å². The molecule has 0 saturated carbocycles. The smallest absolute Gasteiger partial charge is 0.422 e. The van der Waals surface area contributed by atoms with Crippen LogP contribution in [0.15, 0.2) is 18.2 Å². The summed E-state index contributed by atoms with van der Waals surface area (Å²) in [6, 6.07) is 4.19. The topological polar surface area (TPSA) is 9.23 Å². The monoisotopic (exact) mass is 234 g/mol. The lowest BCUT2D eigenvalue weighted by Gasteiger charge is -2.10. The summed E-state index contributed by atoms with van der Waals surface area (Å²) in [7, 11) is 0. The number of alkyl halides is 3. The molecule has 0 aliphatic rings. The van der Waals surface area contributed by atoms with E-state index in [1.165, 1.54) is 18.2 Å². The summed E-state index contributed by atoms with van der Waals surface area (Å²) in [5.74, 6) is 2.21. The fourth-order valence-electron chi connectivity index (χ4n) is 0.863. The van der Waals surface area contributed by atoms with Crippen molar-refractivity contribution in [3.8, 4) is 18.1 Å². The summed E-state index contributed by atoms with van der Waals surface area (Å²) < 4.78 is 40.0. The minimum absolute atomic E-state index is 0.0653. The maximum Gasteiger partial charge on any atom is 0.422 e. The second-order valence-electron chi connectivity index (χ2n) is 2.69. The van der Waals surface area contributed by atoms with E-state index in [0.29, 0.717) is 5.56 Å². The molecule has 0 aromatic heterocycles. The molecule has 1 rings (SSSR count). The zero-order chi connectivity index (χ0) is 11.5. The van der Waals surface area contributed by atoms with Crippen molar-refractivity contribution in [2.24, 2.45) is 0 Å². The zero-order valence-electron chi connectivity index (χ0n) is 7.44. The van der Waals surface area contributed by atoms with E-state index < -0.39 is 12.8 Å². The van der Waals surface area contributed by atoms with Crippen molar-refractivity contribution in [3.05, 3.63) is 28.8 Å². The van der Waals surface area contributed by atoms with E-state index in [1.54, 1.807) is 0 Å². The van der Waals surface area contributed by atoms with E-state index >= 15 is 0 Å². The van der Waals surface area contributed by atoms with E-state index in [9.17, 15) is 13.2 Å². The Hall–Kier alpha value is -1.34. The van der Waals surface area contributed by atoms with Gasteiger partial charge < -0.3 is 4.74 Å². The Labute approximate surface area is 89.8 Å². The van der Waals surface area contributed by atoms with Gasteiger partial charge in [0.1, 0.15) is 5.75 Å². The molecule has 0 saturated heterocycles. The number of halogens is 4. The number of ether oxygens (including phenoxy) is 1. The Morgan fingerprint density at radius 3 is 2.60 bits per heavy atom. The van der Waals surface area contributed by atoms with Crippen molar-refractivity contribution in [2.75, 3.05) is 6.61 Å². The highest BCUT2D eigenvalue weighted by Gasteiger charge is 2.28. The van der Waals surface area contributed by atoms with E-state index in [-0.39, 0.29) is 10.8 Å². The molecule has 0 fully saturated rings. The van der Waals surface area contributed by atoms with Crippen LogP contribution in [0.1, 0.15) is 5.56 Å². The standard InChI is InChI=1S/C10H6ClF3O/c1-2-7-3-4-8(11)9(5-7)15-6-10(12,13)14/h1,3-5H,6H2. The second-order valence-corrected chi connectivity index (χ2v) is 3.10. The van der Waals surface area contributed by atoms with Gasteiger partial charge in [-0.15, -0.1) is 6.42 Å². The first-order valence-electron chi connectivity index (χ1n) is 3.88. The zero-order valence-corrected chi connectivity index (χ0v) is 8.19. The summed E-state index contributed by atoms with van der Waals surface area (Å²) in [4.78, 5) is 0. The Kier molecular flexibility index (Phi) is 3.48. The molecular formula is C10H6ClF3O. The lowest BCUT2D eigenvalue weighted by molar-refractivity contribution is -0.153. The van der Waals surface area contributed by atoms with E-state index in [0.717, 1.165) is 0 Å². The third kappa shape index (κ3) is 3.72. The van der Waals surface area contributed by atoms with Gasteiger partial charge in [-0.1, -0.05) is 17.5 Å². The molecule has 1 nitrogen and oxygen atoms in total. The maximum absolute atomic E-state index is 11.8. The molecule has 80 valence electrons. The van der Waals surface area contributed by atoms with Crippen LogP contribution >= 0.6 is 11.6 Å². The fourth-order valence-corrected chi connectivity index (χ4v) is 1.04. The van der Waals surface area contributed by atoms with Gasteiger partial charge in [0, 0.05) is 5.56 Å². The van der Waals surface area contributed by atoms with Gasteiger partial charge in [-0.3, -0.25) is 0 Å². The molecule has 0 unspecified atom stereocenters. The summed E-state index contributed by atoms with van der Waals surface area (Å²) in [5, 5.41) is 0.0956. The maximum atomic E-state index is 11.8. The molecule has 0 aliphatic carbocycles. The number of hydrogen-bond acceptors (Lipinski definition) is 1. The quantitative estimate of drug-likeness (QED) is 0.714. The minimum Gasteiger partial charge on any atom is -0.483 e. The van der Waals surface area contributed by atoms with Gasteiger partial charge in [0.25, 0.3) is 0 Å². The fraction of sp³-hybridized carbons (Fsp3) is 0.200. The van der Waals surface area contributed by atoms with Crippen molar-refractivity contribution in [3.63, 3.8) is 0 Å². The second kappa shape index (κ2) is 4.45. The molecule has 0 radical (unpaired) electrons. The van der Waals surface area contributed by atoms with Crippen molar-refractivity contribution in [2.45, 2.75) is 6.18 Å². The van der Waals surface area contributed by atoms with Gasteiger partial charge >= 0.3 is 6.18 Å². The van der Waals surface area contributed by atoms with Crippen LogP contribution in [0.4, 0.5) is 13.2 Å². The van der Waals surface area contributed by atoms with Crippen LogP contribution < -0.4 is 4.74 Å². The lowest BCUT2D eigenvalue weighted by Crippen LogP contribution is -2.19. The van der Waals surface area contributed by atoms with Crippen LogP contribution in [0.2, 0.25) is 5.02 Å². The van der Waals surface area contributed by atoms with Gasteiger partial charge in [-0.05, 0) is 18.2 Å². The summed E-state index contributed by atoms with van der Waals surface area (Å²) in [6.07, 6.45) is 0.686. The number of benzene rings is 1. The summed E-state index contributed by atoms with van der Waals surface area (Å²) >= 11 is 5.62. The first kappa shape index (κ1) is 11.7. The van der Waals surface area contributed by atoms with Crippen LogP contribution in [-0.2, 0) is 0 Å². The molecule has 1 aromatic rings. The average molecular weight is 235 g/mol. The SMILES string of the molecule is C#Cc1ccc(Cl)c(OCC(F)(F)F)c1. The Bertz CT molecular complexity index is 393. The van der Waals surface area contributed by atoms with E-state index in [4.69, 9.17) is 18.0 Å². The molecule has 0 N–H and O–H groups in total. The molecule has 15 heavy (non-hydrogen) atoms. The third-order valence-electron chi connectivity index (χ3n) is 1.49. The average Bonchev–Trinajstić information content (AvgIpc) is 2.15. The van der Waals surface area contributed by atoms with Crippen LogP contribution in [0, 0.1) is 12.3 Å². The van der Waals surface area contributed by atoms with Crippen LogP contribution in [0.5, 0.6) is 5.75 Å². The minimum atomic E-state index is -4.39. The Morgan fingerprint density at radius 1 is 1.40 bits per heavy atom. The molecule has 0 aliphatic heterocycles. The van der Waals surface area contributed by atoms with Gasteiger partial charge in [0.2, 0.25) is 0 Å². The Morgan fingerprint density at radius 2 is 2.07 bits per heavy atom. The largest absolute Gasteiger partial charge is 0.483 e. The molecule has 0 amide bonds. The Balaban J connectivity index is 2.81. The van der Waals surface area contributed by atoms with Gasteiger partial charge in [0.15, 0.2) is 6.61 Å². The van der Waals surface area contributed by atoms with Crippen molar-refractivity contribution >= 4 is 11.6 Å². The molecule has 0 heterocycles. The highest BCUT2D eigenvalue weighted by Crippen LogP contribution is 2.27. The van der Waals surface area contributed by atoms with Crippen molar-refractivity contribution in [1.29, 1.82) is 0 Å². The van der Waals surface area contributed by atoms with Gasteiger partial charge in [-0.25, -0.2) is 0 Å². The number of hydrogen-bond donors (Lipinski definition) is 0. The summed E-state index contributed by atoms with van der Waals surface area (Å²) in [5.41, 5.74) is 0.413. The van der Waals surface area contributed by atoms with E-state index in [2.05, 4.69) is 10.7 Å². The summed E-state index contributed by atoms with van der Waals surface area (Å²) in [6.45, 7) is -1.39. The van der Waals surface area contributed by atoms with Crippen molar-refractivity contribution in [1.82, 2.24) is 0 Å². The molecule has 1 aromatic carbocycles. The van der Waals surface area contributed by atoms with Crippen LogP contribution in [-0.4, -0.2) is 12.8 Å². The molecule has 0 spiro atoms. The first-order chi connectivity index (χ1) is 6.92.